The third-order valence-electron chi connectivity index (χ3n) is 3.24. The quantitative estimate of drug-likeness (QED) is 0.557. The standard InChI is InChI=1S/C10H18O.C2H6/c1-8-6-9(2)4-5-10(3,7-8)11-9;1-2/h8H,4-7H2,1-3H3;1-2H3. The lowest BCUT2D eigenvalue weighted by molar-refractivity contribution is -0.136. The van der Waals surface area contributed by atoms with Gasteiger partial charge in [-0.25, -0.2) is 0 Å². The van der Waals surface area contributed by atoms with E-state index in [0.717, 1.165) is 5.92 Å². The van der Waals surface area contributed by atoms with E-state index in [9.17, 15) is 0 Å². The summed E-state index contributed by atoms with van der Waals surface area (Å²) in [5, 5.41) is 0. The van der Waals surface area contributed by atoms with Crippen LogP contribution >= 0.6 is 0 Å². The fraction of sp³-hybridized carbons (Fsp3) is 1.00. The van der Waals surface area contributed by atoms with Crippen LogP contribution in [0, 0.1) is 5.92 Å². The largest absolute Gasteiger partial charge is 0.369 e. The lowest BCUT2D eigenvalue weighted by Gasteiger charge is -2.39. The van der Waals surface area contributed by atoms with Gasteiger partial charge < -0.3 is 4.74 Å². The van der Waals surface area contributed by atoms with Crippen molar-refractivity contribution in [3.05, 3.63) is 0 Å². The van der Waals surface area contributed by atoms with E-state index in [1.54, 1.807) is 0 Å². The molecule has 2 atom stereocenters. The number of hydrogen-bond acceptors (Lipinski definition) is 1. The Bertz CT molecular complexity index is 160. The third-order valence-corrected chi connectivity index (χ3v) is 3.24. The molecular formula is C12H24O. The van der Waals surface area contributed by atoms with E-state index in [2.05, 4.69) is 20.8 Å². The highest BCUT2D eigenvalue weighted by atomic mass is 16.5. The Morgan fingerprint density at radius 1 is 1.00 bits per heavy atom. The first kappa shape index (κ1) is 11.0. The molecule has 2 bridgehead atoms. The number of fused-ring (bicyclic) bond motifs is 2. The SMILES string of the molecule is CC.CC1CC2(C)CCC(C)(C1)O2. The molecule has 1 heteroatoms. The molecule has 1 nitrogen and oxygen atoms in total. The zero-order valence-corrected chi connectivity index (χ0v) is 9.81. The van der Waals surface area contributed by atoms with Crippen LogP contribution in [0.5, 0.6) is 0 Å². The van der Waals surface area contributed by atoms with Gasteiger partial charge in [-0.05, 0) is 45.4 Å². The molecule has 0 aromatic heterocycles. The minimum absolute atomic E-state index is 0.229. The summed E-state index contributed by atoms with van der Waals surface area (Å²) in [6, 6.07) is 0. The molecule has 2 rings (SSSR count). The predicted molar refractivity (Wildman–Crippen MR) is 56.9 cm³/mol. The van der Waals surface area contributed by atoms with E-state index in [-0.39, 0.29) is 11.2 Å². The summed E-state index contributed by atoms with van der Waals surface area (Å²) >= 11 is 0. The van der Waals surface area contributed by atoms with Crippen LogP contribution in [0.1, 0.15) is 60.3 Å². The van der Waals surface area contributed by atoms with Crippen LogP contribution in [0.2, 0.25) is 0 Å². The summed E-state index contributed by atoms with van der Waals surface area (Å²) in [5.74, 6) is 0.862. The maximum atomic E-state index is 6.04. The van der Waals surface area contributed by atoms with Crippen molar-refractivity contribution in [2.75, 3.05) is 0 Å². The van der Waals surface area contributed by atoms with Gasteiger partial charge in [0.15, 0.2) is 0 Å². The first-order valence-electron chi connectivity index (χ1n) is 5.72. The van der Waals surface area contributed by atoms with Gasteiger partial charge in [0.05, 0.1) is 11.2 Å². The number of ether oxygens (including phenoxy) is 1. The van der Waals surface area contributed by atoms with Crippen molar-refractivity contribution < 1.29 is 4.74 Å². The zero-order chi connectivity index (χ0) is 10.1. The summed E-state index contributed by atoms with van der Waals surface area (Å²) in [4.78, 5) is 0. The first-order chi connectivity index (χ1) is 6.02. The predicted octanol–water partition coefficient (Wildman–Crippen LogP) is 3.77. The van der Waals surface area contributed by atoms with Crippen LogP contribution in [0.4, 0.5) is 0 Å². The van der Waals surface area contributed by atoms with Gasteiger partial charge in [0.25, 0.3) is 0 Å². The first-order valence-corrected chi connectivity index (χ1v) is 5.72. The monoisotopic (exact) mass is 184 g/mol. The molecule has 0 saturated carbocycles. The van der Waals surface area contributed by atoms with Gasteiger partial charge in [0.1, 0.15) is 0 Å². The maximum absolute atomic E-state index is 6.04. The van der Waals surface area contributed by atoms with Crippen LogP contribution in [0.15, 0.2) is 0 Å². The molecule has 2 saturated heterocycles. The van der Waals surface area contributed by atoms with E-state index < -0.39 is 0 Å². The Morgan fingerprint density at radius 3 is 1.77 bits per heavy atom. The van der Waals surface area contributed by atoms with E-state index in [4.69, 9.17) is 4.74 Å². The number of hydrogen-bond donors (Lipinski definition) is 0. The maximum Gasteiger partial charge on any atom is 0.0665 e. The molecule has 0 radical (unpaired) electrons. The molecule has 0 aliphatic carbocycles. The molecule has 78 valence electrons. The van der Waals surface area contributed by atoms with Crippen molar-refractivity contribution in [2.24, 2.45) is 5.92 Å². The van der Waals surface area contributed by atoms with Gasteiger partial charge in [-0.15, -0.1) is 0 Å². The second-order valence-electron chi connectivity index (χ2n) is 5.02. The molecular weight excluding hydrogens is 160 g/mol. The van der Waals surface area contributed by atoms with E-state index in [0.29, 0.717) is 0 Å². The van der Waals surface area contributed by atoms with Crippen molar-refractivity contribution >= 4 is 0 Å². The van der Waals surface area contributed by atoms with Crippen LogP contribution in [-0.4, -0.2) is 11.2 Å². The Kier molecular flexibility index (Phi) is 3.06. The summed E-state index contributed by atoms with van der Waals surface area (Å²) in [6.07, 6.45) is 5.08. The second-order valence-corrected chi connectivity index (χ2v) is 5.02. The van der Waals surface area contributed by atoms with E-state index in [1.807, 2.05) is 13.8 Å². The average Bonchev–Trinajstić information content (AvgIpc) is 2.24. The molecule has 13 heavy (non-hydrogen) atoms. The van der Waals surface area contributed by atoms with Crippen molar-refractivity contribution in [2.45, 2.75) is 71.5 Å². The van der Waals surface area contributed by atoms with Crippen LogP contribution in [0.3, 0.4) is 0 Å². The Morgan fingerprint density at radius 2 is 1.38 bits per heavy atom. The Hall–Kier alpha value is -0.0400. The normalized spacial score (nSPS) is 48.2. The second kappa shape index (κ2) is 3.61. The van der Waals surface area contributed by atoms with Crippen LogP contribution in [-0.2, 0) is 4.74 Å². The molecule has 0 N–H and O–H groups in total. The molecule has 0 spiro atoms. The average molecular weight is 184 g/mol. The van der Waals surface area contributed by atoms with Crippen molar-refractivity contribution in [3.63, 3.8) is 0 Å². The minimum atomic E-state index is 0.229. The highest BCUT2D eigenvalue weighted by molar-refractivity contribution is 4.98. The topological polar surface area (TPSA) is 9.23 Å². The van der Waals surface area contributed by atoms with E-state index >= 15 is 0 Å². The van der Waals surface area contributed by atoms with Gasteiger partial charge in [-0.2, -0.15) is 0 Å². The highest BCUT2D eigenvalue weighted by Crippen LogP contribution is 2.49. The van der Waals surface area contributed by atoms with Crippen molar-refractivity contribution in [1.82, 2.24) is 0 Å². The smallest absolute Gasteiger partial charge is 0.0665 e. The molecule has 2 heterocycles. The lowest BCUT2D eigenvalue weighted by Crippen LogP contribution is -2.39. The van der Waals surface area contributed by atoms with Gasteiger partial charge in [0.2, 0.25) is 0 Å². The fourth-order valence-electron chi connectivity index (χ4n) is 3.06. The summed E-state index contributed by atoms with van der Waals surface area (Å²) in [5.41, 5.74) is 0.457. The van der Waals surface area contributed by atoms with Gasteiger partial charge in [-0.3, -0.25) is 0 Å². The molecule has 2 aliphatic rings. The van der Waals surface area contributed by atoms with Crippen molar-refractivity contribution in [3.8, 4) is 0 Å². The molecule has 2 fully saturated rings. The molecule has 0 aromatic rings. The third kappa shape index (κ3) is 2.25. The van der Waals surface area contributed by atoms with Crippen LogP contribution < -0.4 is 0 Å². The summed E-state index contributed by atoms with van der Waals surface area (Å²) < 4.78 is 6.04. The summed E-state index contributed by atoms with van der Waals surface area (Å²) in [7, 11) is 0. The Balaban J connectivity index is 0.000000396. The van der Waals surface area contributed by atoms with Crippen molar-refractivity contribution in [1.29, 1.82) is 0 Å². The fourth-order valence-corrected chi connectivity index (χ4v) is 3.06. The summed E-state index contributed by atoms with van der Waals surface area (Å²) in [6.45, 7) is 10.9. The zero-order valence-electron chi connectivity index (χ0n) is 9.81. The van der Waals surface area contributed by atoms with Crippen LogP contribution in [0.25, 0.3) is 0 Å². The lowest BCUT2D eigenvalue weighted by atomic mass is 9.86. The minimum Gasteiger partial charge on any atom is -0.369 e. The van der Waals surface area contributed by atoms with Gasteiger partial charge in [-0.1, -0.05) is 20.8 Å². The van der Waals surface area contributed by atoms with Gasteiger partial charge >= 0.3 is 0 Å². The molecule has 2 aliphatic heterocycles. The Labute approximate surface area is 82.9 Å². The highest BCUT2D eigenvalue weighted by Gasteiger charge is 2.48. The van der Waals surface area contributed by atoms with E-state index in [1.165, 1.54) is 25.7 Å². The molecule has 0 aromatic carbocycles. The number of rotatable bonds is 0. The van der Waals surface area contributed by atoms with Gasteiger partial charge in [0, 0.05) is 0 Å². The molecule has 2 unspecified atom stereocenters. The molecule has 0 amide bonds.